The molecule has 3 aromatic heterocycles. The number of nitrogen functional groups attached to an aromatic ring is 1. The number of rotatable bonds is 4. The molecule has 166 valence electrons. The molecule has 3 N–H and O–H groups in total. The van der Waals surface area contributed by atoms with Gasteiger partial charge in [-0.05, 0) is 36.9 Å². The van der Waals surface area contributed by atoms with Gasteiger partial charge in [-0.25, -0.2) is 15.0 Å². The summed E-state index contributed by atoms with van der Waals surface area (Å²) >= 11 is 0. The second kappa shape index (κ2) is 8.79. The zero-order valence-corrected chi connectivity index (χ0v) is 18.3. The van der Waals surface area contributed by atoms with Crippen molar-refractivity contribution in [2.45, 2.75) is 0 Å². The molecule has 0 bridgehead atoms. The van der Waals surface area contributed by atoms with E-state index in [4.69, 9.17) is 5.73 Å². The van der Waals surface area contributed by atoms with Crippen LogP contribution in [0.15, 0.2) is 61.2 Å². The first-order valence-electron chi connectivity index (χ1n) is 10.7. The van der Waals surface area contributed by atoms with Crippen LogP contribution in [0.25, 0.3) is 22.0 Å². The summed E-state index contributed by atoms with van der Waals surface area (Å²) in [6.07, 6.45) is 6.72. The molecule has 1 aliphatic heterocycles. The first-order valence-corrected chi connectivity index (χ1v) is 10.7. The highest BCUT2D eigenvalue weighted by Gasteiger charge is 2.17. The maximum Gasteiger partial charge on any atom is 0.258 e. The molecule has 0 saturated carbocycles. The van der Waals surface area contributed by atoms with Gasteiger partial charge in [0, 0.05) is 67.5 Å². The second-order valence-corrected chi connectivity index (χ2v) is 8.12. The number of amides is 1. The van der Waals surface area contributed by atoms with Gasteiger partial charge in [-0.3, -0.25) is 15.1 Å². The van der Waals surface area contributed by atoms with E-state index in [-0.39, 0.29) is 11.9 Å². The summed E-state index contributed by atoms with van der Waals surface area (Å²) in [6, 6.07) is 11.2. The monoisotopic (exact) mass is 440 g/mol. The molecule has 0 unspecified atom stereocenters. The number of fused-ring (bicyclic) bond motifs is 1. The minimum absolute atomic E-state index is 0.244. The van der Waals surface area contributed by atoms with Gasteiger partial charge in [0.2, 0.25) is 5.95 Å². The Kier molecular flexibility index (Phi) is 5.54. The Morgan fingerprint density at radius 3 is 2.64 bits per heavy atom. The van der Waals surface area contributed by atoms with Gasteiger partial charge < -0.3 is 15.5 Å². The smallest absolute Gasteiger partial charge is 0.258 e. The van der Waals surface area contributed by atoms with Crippen molar-refractivity contribution in [3.63, 3.8) is 0 Å². The number of hydrogen-bond acceptors (Lipinski definition) is 8. The average Bonchev–Trinajstić information content (AvgIpc) is 2.84. The fraction of sp³-hybridized carbons (Fsp3) is 0.208. The third kappa shape index (κ3) is 4.58. The number of pyridine rings is 2. The lowest BCUT2D eigenvalue weighted by molar-refractivity contribution is 0.102. The first-order chi connectivity index (χ1) is 16.0. The molecule has 1 fully saturated rings. The Hall–Kier alpha value is -4.11. The quantitative estimate of drug-likeness (QED) is 0.498. The molecule has 0 radical (unpaired) electrons. The number of carbonyl (C=O) groups is 1. The number of likely N-dealkylation sites (N-methyl/N-ethyl adjacent to an activating group) is 1. The van der Waals surface area contributed by atoms with Crippen LogP contribution in [-0.2, 0) is 0 Å². The largest absolute Gasteiger partial charge is 0.397 e. The number of aromatic nitrogens is 4. The maximum absolute atomic E-state index is 12.9. The lowest BCUT2D eigenvalue weighted by Gasteiger charge is -2.33. The van der Waals surface area contributed by atoms with Crippen LogP contribution in [0.5, 0.6) is 0 Å². The molecular weight excluding hydrogens is 416 g/mol. The number of nitrogens with zero attached hydrogens (tertiary/aromatic N) is 6. The van der Waals surface area contributed by atoms with E-state index in [2.05, 4.69) is 42.1 Å². The van der Waals surface area contributed by atoms with Crippen molar-refractivity contribution in [2.24, 2.45) is 0 Å². The number of hydrogen-bond donors (Lipinski definition) is 2. The number of nitrogens with one attached hydrogen (secondary N) is 1. The van der Waals surface area contributed by atoms with Gasteiger partial charge in [-0.15, -0.1) is 0 Å². The molecule has 5 rings (SSSR count). The third-order valence-electron chi connectivity index (χ3n) is 5.74. The zero-order valence-electron chi connectivity index (χ0n) is 18.3. The van der Waals surface area contributed by atoms with E-state index in [9.17, 15) is 4.79 Å². The third-order valence-corrected chi connectivity index (χ3v) is 5.74. The van der Waals surface area contributed by atoms with E-state index < -0.39 is 0 Å². The lowest BCUT2D eigenvalue weighted by Crippen LogP contribution is -2.44. The summed E-state index contributed by atoms with van der Waals surface area (Å²) in [6.45, 7) is 3.70. The molecule has 33 heavy (non-hydrogen) atoms. The summed E-state index contributed by atoms with van der Waals surface area (Å²) in [7, 11) is 2.10. The Balaban J connectivity index is 1.36. The van der Waals surface area contributed by atoms with Crippen LogP contribution in [-0.4, -0.2) is 64.0 Å². The Morgan fingerprint density at radius 2 is 1.82 bits per heavy atom. The lowest BCUT2D eigenvalue weighted by atomic mass is 10.1. The van der Waals surface area contributed by atoms with Crippen molar-refractivity contribution in [2.75, 3.05) is 49.2 Å². The van der Waals surface area contributed by atoms with Gasteiger partial charge in [-0.1, -0.05) is 12.1 Å². The summed E-state index contributed by atoms with van der Waals surface area (Å²) in [5.41, 5.74) is 9.52. The van der Waals surface area contributed by atoms with Crippen molar-refractivity contribution in [3.8, 4) is 11.1 Å². The van der Waals surface area contributed by atoms with Gasteiger partial charge >= 0.3 is 0 Å². The van der Waals surface area contributed by atoms with Crippen LogP contribution in [0.1, 0.15) is 10.4 Å². The number of piperazine rings is 1. The molecule has 1 aromatic carbocycles. The van der Waals surface area contributed by atoms with Crippen molar-refractivity contribution in [3.05, 3.63) is 66.7 Å². The van der Waals surface area contributed by atoms with Crippen LogP contribution >= 0.6 is 0 Å². The zero-order chi connectivity index (χ0) is 22.8. The van der Waals surface area contributed by atoms with E-state index in [0.717, 1.165) is 48.5 Å². The first kappa shape index (κ1) is 20.8. The standard InChI is InChI=1S/C24H24N8O/c1-31-6-8-32(9-7-31)22-12-17(4-5-27-22)23(33)30-24-28-14-18-3-2-16(11-21(18)29-24)19-10-20(25)15-26-13-19/h2-5,10-15H,6-9,25H2,1H3,(H,28,29,30,33). The van der Waals surface area contributed by atoms with Gasteiger partial charge in [0.1, 0.15) is 5.82 Å². The molecule has 0 aliphatic carbocycles. The second-order valence-electron chi connectivity index (χ2n) is 8.12. The van der Waals surface area contributed by atoms with Crippen LogP contribution < -0.4 is 16.0 Å². The van der Waals surface area contributed by atoms with E-state index in [1.165, 1.54) is 0 Å². The molecule has 4 aromatic rings. The van der Waals surface area contributed by atoms with Gasteiger partial charge in [0.05, 0.1) is 11.2 Å². The number of benzene rings is 1. The normalized spacial score (nSPS) is 14.4. The number of anilines is 3. The van der Waals surface area contributed by atoms with Gasteiger partial charge in [0.25, 0.3) is 5.91 Å². The highest BCUT2D eigenvalue weighted by atomic mass is 16.1. The van der Waals surface area contributed by atoms with Crippen molar-refractivity contribution >= 4 is 34.3 Å². The molecule has 1 amide bonds. The molecule has 4 heterocycles. The number of carbonyl (C=O) groups excluding carboxylic acids is 1. The summed E-state index contributed by atoms with van der Waals surface area (Å²) in [5, 5.41) is 3.68. The number of nitrogens with two attached hydrogens (primary N) is 1. The topological polar surface area (TPSA) is 113 Å². The molecule has 1 saturated heterocycles. The fourth-order valence-electron chi connectivity index (χ4n) is 3.82. The Labute approximate surface area is 191 Å². The molecule has 0 spiro atoms. The van der Waals surface area contributed by atoms with Crippen LogP contribution in [0.2, 0.25) is 0 Å². The fourth-order valence-corrected chi connectivity index (χ4v) is 3.82. The van der Waals surface area contributed by atoms with Gasteiger partial charge in [-0.2, -0.15) is 0 Å². The summed E-state index contributed by atoms with van der Waals surface area (Å²) in [5.74, 6) is 0.771. The molecule has 1 aliphatic rings. The molecular formula is C24H24N8O. The predicted molar refractivity (Wildman–Crippen MR) is 129 cm³/mol. The molecule has 9 nitrogen and oxygen atoms in total. The predicted octanol–water partition coefficient (Wildman–Crippen LogP) is 2.67. The summed E-state index contributed by atoms with van der Waals surface area (Å²) < 4.78 is 0. The van der Waals surface area contributed by atoms with Crippen molar-refractivity contribution in [1.82, 2.24) is 24.8 Å². The van der Waals surface area contributed by atoms with Crippen LogP contribution in [0.3, 0.4) is 0 Å². The highest BCUT2D eigenvalue weighted by molar-refractivity contribution is 6.04. The Bertz CT molecular complexity index is 1320. The highest BCUT2D eigenvalue weighted by Crippen LogP contribution is 2.24. The van der Waals surface area contributed by atoms with Gasteiger partial charge in [0.15, 0.2) is 0 Å². The van der Waals surface area contributed by atoms with E-state index >= 15 is 0 Å². The van der Waals surface area contributed by atoms with E-state index in [0.29, 0.717) is 16.8 Å². The SMILES string of the molecule is CN1CCN(c2cc(C(=O)Nc3ncc4ccc(-c5cncc(N)c5)cc4n3)ccn2)CC1. The Morgan fingerprint density at radius 1 is 0.970 bits per heavy atom. The maximum atomic E-state index is 12.9. The van der Waals surface area contributed by atoms with E-state index in [1.54, 1.807) is 30.9 Å². The minimum atomic E-state index is -0.275. The molecule has 9 heteroatoms. The van der Waals surface area contributed by atoms with E-state index in [1.807, 2.05) is 30.3 Å². The molecule has 0 atom stereocenters. The summed E-state index contributed by atoms with van der Waals surface area (Å²) in [4.78, 5) is 34.8. The average molecular weight is 441 g/mol. The van der Waals surface area contributed by atoms with Crippen molar-refractivity contribution < 1.29 is 4.79 Å². The van der Waals surface area contributed by atoms with Crippen molar-refractivity contribution in [1.29, 1.82) is 0 Å². The van der Waals surface area contributed by atoms with Crippen LogP contribution in [0.4, 0.5) is 17.5 Å². The minimum Gasteiger partial charge on any atom is -0.397 e. The van der Waals surface area contributed by atoms with Crippen LogP contribution in [0, 0.1) is 0 Å².